The summed E-state index contributed by atoms with van der Waals surface area (Å²) in [6.45, 7) is 5.78. The summed E-state index contributed by atoms with van der Waals surface area (Å²) in [5.74, 6) is -1.69. The molecule has 6 nitrogen and oxygen atoms in total. The SMILES string of the molecule is CCc1cccc(CC)c1N1C[C@@H](C(=O)OCC(=O)Nc2cc(Cl)ccc2C)CC1=O. The highest BCUT2D eigenvalue weighted by atomic mass is 35.5. The van der Waals surface area contributed by atoms with E-state index in [1.807, 2.05) is 39.0 Å². The average Bonchev–Trinajstić information content (AvgIpc) is 3.15. The smallest absolute Gasteiger partial charge is 0.311 e. The van der Waals surface area contributed by atoms with E-state index in [4.69, 9.17) is 16.3 Å². The Hall–Kier alpha value is -2.86. The second-order valence-corrected chi connectivity index (χ2v) is 8.09. The first kappa shape index (κ1) is 22.8. The fraction of sp³-hybridized carbons (Fsp3) is 0.375. The molecule has 1 heterocycles. The zero-order chi connectivity index (χ0) is 22.5. The summed E-state index contributed by atoms with van der Waals surface area (Å²) in [6.07, 6.45) is 1.67. The van der Waals surface area contributed by atoms with Gasteiger partial charge >= 0.3 is 5.97 Å². The molecule has 0 spiro atoms. The lowest BCUT2D eigenvalue weighted by atomic mass is 10.0. The van der Waals surface area contributed by atoms with Crippen LogP contribution >= 0.6 is 11.6 Å². The number of rotatable bonds is 7. The van der Waals surface area contributed by atoms with Gasteiger partial charge in [0.25, 0.3) is 5.91 Å². The zero-order valence-electron chi connectivity index (χ0n) is 18.0. The molecule has 3 rings (SSSR count). The molecule has 1 atom stereocenters. The number of benzene rings is 2. The van der Waals surface area contributed by atoms with Crippen molar-refractivity contribution in [1.29, 1.82) is 0 Å². The number of nitrogens with one attached hydrogen (secondary N) is 1. The van der Waals surface area contributed by atoms with Gasteiger partial charge in [0.1, 0.15) is 0 Å². The first-order chi connectivity index (χ1) is 14.8. The van der Waals surface area contributed by atoms with Crippen molar-refractivity contribution in [1.82, 2.24) is 0 Å². The van der Waals surface area contributed by atoms with E-state index >= 15 is 0 Å². The Bertz CT molecular complexity index is 983. The summed E-state index contributed by atoms with van der Waals surface area (Å²) in [5.41, 5.74) is 4.49. The molecular weight excluding hydrogens is 416 g/mol. The van der Waals surface area contributed by atoms with Gasteiger partial charge in [-0.3, -0.25) is 14.4 Å². The maximum atomic E-state index is 12.7. The average molecular weight is 443 g/mol. The largest absolute Gasteiger partial charge is 0.455 e. The van der Waals surface area contributed by atoms with Gasteiger partial charge in [0.15, 0.2) is 6.61 Å². The number of hydrogen-bond acceptors (Lipinski definition) is 4. The number of ether oxygens (including phenoxy) is 1. The van der Waals surface area contributed by atoms with E-state index in [1.165, 1.54) is 0 Å². The van der Waals surface area contributed by atoms with Crippen molar-refractivity contribution in [3.05, 3.63) is 58.1 Å². The fourth-order valence-electron chi connectivity index (χ4n) is 3.81. The lowest BCUT2D eigenvalue weighted by molar-refractivity contribution is -0.151. The molecule has 1 fully saturated rings. The Morgan fingerprint density at radius 1 is 1.16 bits per heavy atom. The van der Waals surface area contributed by atoms with E-state index in [-0.39, 0.29) is 18.9 Å². The molecule has 0 unspecified atom stereocenters. The second-order valence-electron chi connectivity index (χ2n) is 7.65. The molecule has 31 heavy (non-hydrogen) atoms. The molecule has 0 aliphatic carbocycles. The van der Waals surface area contributed by atoms with E-state index in [2.05, 4.69) is 5.32 Å². The normalized spacial score (nSPS) is 15.8. The number of hydrogen-bond donors (Lipinski definition) is 1. The molecule has 0 bridgehead atoms. The van der Waals surface area contributed by atoms with Crippen LogP contribution in [0.4, 0.5) is 11.4 Å². The van der Waals surface area contributed by atoms with Crippen LogP contribution in [0.3, 0.4) is 0 Å². The monoisotopic (exact) mass is 442 g/mol. The molecular formula is C24H27ClN2O4. The van der Waals surface area contributed by atoms with Crippen LogP contribution in [0, 0.1) is 12.8 Å². The number of carbonyl (C=O) groups is 3. The lowest BCUT2D eigenvalue weighted by Crippen LogP contribution is -2.29. The Kier molecular flexibility index (Phi) is 7.33. The molecule has 7 heteroatoms. The van der Waals surface area contributed by atoms with Crippen LogP contribution in [0.15, 0.2) is 36.4 Å². The number of anilines is 2. The van der Waals surface area contributed by atoms with Gasteiger partial charge in [0.05, 0.1) is 5.92 Å². The number of aryl methyl sites for hydroxylation is 3. The van der Waals surface area contributed by atoms with Crippen molar-refractivity contribution >= 4 is 40.8 Å². The van der Waals surface area contributed by atoms with E-state index < -0.39 is 24.4 Å². The number of carbonyl (C=O) groups excluding carboxylic acids is 3. The van der Waals surface area contributed by atoms with Crippen molar-refractivity contribution in [3.8, 4) is 0 Å². The van der Waals surface area contributed by atoms with E-state index in [1.54, 1.807) is 23.1 Å². The third-order valence-electron chi connectivity index (χ3n) is 5.51. The minimum atomic E-state index is -0.595. The predicted molar refractivity (Wildman–Crippen MR) is 121 cm³/mol. The number of nitrogens with zero attached hydrogens (tertiary/aromatic N) is 1. The number of para-hydroxylation sites is 1. The van der Waals surface area contributed by atoms with Gasteiger partial charge in [-0.15, -0.1) is 0 Å². The first-order valence-electron chi connectivity index (χ1n) is 10.5. The van der Waals surface area contributed by atoms with Gasteiger partial charge in [0, 0.05) is 29.4 Å². The minimum Gasteiger partial charge on any atom is -0.455 e. The zero-order valence-corrected chi connectivity index (χ0v) is 18.8. The number of amides is 2. The predicted octanol–water partition coefficient (Wildman–Crippen LogP) is 4.31. The van der Waals surface area contributed by atoms with Gasteiger partial charge < -0.3 is 15.0 Å². The Balaban J connectivity index is 1.62. The molecule has 1 saturated heterocycles. The summed E-state index contributed by atoms with van der Waals surface area (Å²) in [5, 5.41) is 3.19. The van der Waals surface area contributed by atoms with Crippen LogP contribution in [-0.4, -0.2) is 30.9 Å². The molecule has 0 aromatic heterocycles. The van der Waals surface area contributed by atoms with Crippen LogP contribution in [-0.2, 0) is 32.0 Å². The topological polar surface area (TPSA) is 75.7 Å². The minimum absolute atomic E-state index is 0.0784. The van der Waals surface area contributed by atoms with Crippen molar-refractivity contribution in [2.75, 3.05) is 23.4 Å². The van der Waals surface area contributed by atoms with Gasteiger partial charge in [-0.05, 0) is 48.6 Å². The van der Waals surface area contributed by atoms with Gasteiger partial charge in [-0.1, -0.05) is 49.7 Å². The van der Waals surface area contributed by atoms with Crippen molar-refractivity contribution in [3.63, 3.8) is 0 Å². The fourth-order valence-corrected chi connectivity index (χ4v) is 3.99. The van der Waals surface area contributed by atoms with E-state index in [0.717, 1.165) is 35.2 Å². The number of halogens is 1. The van der Waals surface area contributed by atoms with Gasteiger partial charge in [-0.2, -0.15) is 0 Å². The van der Waals surface area contributed by atoms with Crippen molar-refractivity contribution < 1.29 is 19.1 Å². The Morgan fingerprint density at radius 2 is 1.84 bits per heavy atom. The maximum absolute atomic E-state index is 12.7. The Labute approximate surface area is 187 Å². The molecule has 1 N–H and O–H groups in total. The van der Waals surface area contributed by atoms with Gasteiger partial charge in [-0.25, -0.2) is 0 Å². The second kappa shape index (κ2) is 9.96. The molecule has 0 saturated carbocycles. The molecule has 2 amide bonds. The summed E-state index contributed by atoms with van der Waals surface area (Å²) in [4.78, 5) is 39.2. The van der Waals surface area contributed by atoms with E-state index in [9.17, 15) is 14.4 Å². The summed E-state index contributed by atoms with van der Waals surface area (Å²) >= 11 is 5.96. The standard InChI is InChI=1S/C24H27ClN2O4/c1-4-16-7-6-8-17(5-2)23(16)27-13-18(11-22(27)29)24(30)31-14-21(28)26-20-12-19(25)10-9-15(20)3/h6-10,12,18H,4-5,11,13-14H2,1-3H3,(H,26,28)/t18-/m0/s1. The van der Waals surface area contributed by atoms with Crippen LogP contribution < -0.4 is 10.2 Å². The quantitative estimate of drug-likeness (QED) is 0.648. The lowest BCUT2D eigenvalue weighted by Gasteiger charge is -2.23. The van der Waals surface area contributed by atoms with Crippen LogP contribution in [0.2, 0.25) is 5.02 Å². The Morgan fingerprint density at radius 3 is 2.48 bits per heavy atom. The maximum Gasteiger partial charge on any atom is 0.311 e. The van der Waals surface area contributed by atoms with E-state index in [0.29, 0.717) is 10.7 Å². The third kappa shape index (κ3) is 5.25. The summed E-state index contributed by atoms with van der Waals surface area (Å²) in [6, 6.07) is 11.2. The molecule has 1 aliphatic rings. The molecule has 164 valence electrons. The van der Waals surface area contributed by atoms with Crippen LogP contribution in [0.5, 0.6) is 0 Å². The first-order valence-corrected chi connectivity index (χ1v) is 10.9. The molecule has 0 radical (unpaired) electrons. The highest BCUT2D eigenvalue weighted by molar-refractivity contribution is 6.31. The van der Waals surface area contributed by atoms with Crippen molar-refractivity contribution in [2.24, 2.45) is 5.92 Å². The van der Waals surface area contributed by atoms with Crippen molar-refractivity contribution in [2.45, 2.75) is 40.0 Å². The van der Waals surface area contributed by atoms with Gasteiger partial charge in [0.2, 0.25) is 5.91 Å². The highest BCUT2D eigenvalue weighted by Gasteiger charge is 2.37. The highest BCUT2D eigenvalue weighted by Crippen LogP contribution is 2.32. The molecule has 1 aliphatic heterocycles. The number of esters is 1. The molecule has 2 aromatic carbocycles. The van der Waals surface area contributed by atoms with Crippen LogP contribution in [0.1, 0.15) is 37.0 Å². The van der Waals surface area contributed by atoms with Crippen LogP contribution in [0.25, 0.3) is 0 Å². The third-order valence-corrected chi connectivity index (χ3v) is 5.75. The summed E-state index contributed by atoms with van der Waals surface area (Å²) in [7, 11) is 0. The summed E-state index contributed by atoms with van der Waals surface area (Å²) < 4.78 is 5.21. The molecule has 2 aromatic rings.